The molecule has 8 nitrogen and oxygen atoms in total. The summed E-state index contributed by atoms with van der Waals surface area (Å²) >= 11 is 0. The lowest BCUT2D eigenvalue weighted by atomic mass is 10.1. The van der Waals surface area contributed by atoms with Crippen LogP contribution in [0.15, 0.2) is 82.6 Å². The highest BCUT2D eigenvalue weighted by Gasteiger charge is 2.15. The summed E-state index contributed by atoms with van der Waals surface area (Å²) in [6.45, 7) is 0.207. The van der Waals surface area contributed by atoms with E-state index in [4.69, 9.17) is 9.47 Å². The molecule has 3 rings (SSSR count). The van der Waals surface area contributed by atoms with Crippen LogP contribution in [0.3, 0.4) is 0 Å². The van der Waals surface area contributed by atoms with Gasteiger partial charge in [-0.15, -0.1) is 0 Å². The van der Waals surface area contributed by atoms with Gasteiger partial charge in [0.1, 0.15) is 11.5 Å². The van der Waals surface area contributed by atoms with Crippen LogP contribution in [0.25, 0.3) is 0 Å². The standard InChI is InChI=1S/C22H24N2O6S2/c1-29-19-7-11-21(12-8-19)31(25,26)23-15-17-3-5-18(6-4-17)16-24-32(27,28)22-13-9-20(30-2)10-14-22/h3-14,23-24H,15-16H2,1-2H3. The zero-order valence-corrected chi connectivity index (χ0v) is 19.2. The molecular formula is C22H24N2O6S2. The molecule has 0 aromatic heterocycles. The summed E-state index contributed by atoms with van der Waals surface area (Å²) in [5, 5.41) is 0. The van der Waals surface area contributed by atoms with E-state index in [1.165, 1.54) is 38.5 Å². The van der Waals surface area contributed by atoms with E-state index in [0.29, 0.717) is 11.5 Å². The lowest BCUT2D eigenvalue weighted by Gasteiger charge is -2.10. The number of nitrogens with one attached hydrogen (secondary N) is 2. The Morgan fingerprint density at radius 2 is 0.875 bits per heavy atom. The summed E-state index contributed by atoms with van der Waals surface area (Å²) in [4.78, 5) is 0.283. The fourth-order valence-electron chi connectivity index (χ4n) is 2.81. The van der Waals surface area contributed by atoms with Gasteiger partial charge in [0.2, 0.25) is 20.0 Å². The van der Waals surface area contributed by atoms with Crippen molar-refractivity contribution < 1.29 is 26.3 Å². The van der Waals surface area contributed by atoms with Gasteiger partial charge in [-0.2, -0.15) is 0 Å². The second-order valence-corrected chi connectivity index (χ2v) is 10.4. The molecule has 0 heterocycles. The van der Waals surface area contributed by atoms with Gasteiger partial charge in [0.15, 0.2) is 0 Å². The first-order chi connectivity index (χ1) is 15.2. The van der Waals surface area contributed by atoms with Gasteiger partial charge in [-0.1, -0.05) is 24.3 Å². The molecule has 0 fully saturated rings. The monoisotopic (exact) mass is 476 g/mol. The Hall–Kier alpha value is -2.92. The van der Waals surface area contributed by atoms with Crippen molar-refractivity contribution in [3.63, 3.8) is 0 Å². The average molecular weight is 477 g/mol. The Morgan fingerprint density at radius 3 is 1.16 bits per heavy atom. The van der Waals surface area contributed by atoms with E-state index >= 15 is 0 Å². The minimum Gasteiger partial charge on any atom is -0.497 e. The molecule has 0 amide bonds. The molecule has 3 aromatic carbocycles. The van der Waals surface area contributed by atoms with E-state index in [2.05, 4.69) is 9.44 Å². The van der Waals surface area contributed by atoms with Crippen LogP contribution in [0.1, 0.15) is 11.1 Å². The van der Waals surface area contributed by atoms with Crippen molar-refractivity contribution >= 4 is 20.0 Å². The highest BCUT2D eigenvalue weighted by atomic mass is 32.2. The van der Waals surface area contributed by atoms with Gasteiger partial charge in [0.05, 0.1) is 24.0 Å². The molecule has 0 aliphatic heterocycles. The van der Waals surface area contributed by atoms with E-state index in [1.54, 1.807) is 48.5 Å². The van der Waals surface area contributed by atoms with E-state index < -0.39 is 20.0 Å². The molecule has 0 saturated heterocycles. The molecule has 3 aromatic rings. The van der Waals surface area contributed by atoms with Gasteiger partial charge in [-0.05, 0) is 59.7 Å². The number of benzene rings is 3. The van der Waals surface area contributed by atoms with Crippen LogP contribution in [0.4, 0.5) is 0 Å². The number of hydrogen-bond donors (Lipinski definition) is 2. The molecule has 0 radical (unpaired) electrons. The van der Waals surface area contributed by atoms with Crippen molar-refractivity contribution in [3.05, 3.63) is 83.9 Å². The predicted molar refractivity (Wildman–Crippen MR) is 120 cm³/mol. The van der Waals surface area contributed by atoms with E-state index in [-0.39, 0.29) is 22.9 Å². The number of hydrogen-bond acceptors (Lipinski definition) is 6. The molecule has 0 spiro atoms. The Balaban J connectivity index is 1.57. The summed E-state index contributed by atoms with van der Waals surface area (Å²) < 4.78 is 64.9. The first-order valence-corrected chi connectivity index (χ1v) is 12.6. The molecule has 2 N–H and O–H groups in total. The summed E-state index contributed by atoms with van der Waals surface area (Å²) in [5.41, 5.74) is 1.48. The van der Waals surface area contributed by atoms with Gasteiger partial charge in [-0.25, -0.2) is 26.3 Å². The zero-order chi connectivity index (χ0) is 23.2. The van der Waals surface area contributed by atoms with Gasteiger partial charge in [0, 0.05) is 13.1 Å². The van der Waals surface area contributed by atoms with Crippen LogP contribution in [-0.2, 0) is 33.1 Å². The van der Waals surface area contributed by atoms with Crippen LogP contribution in [0.5, 0.6) is 11.5 Å². The lowest BCUT2D eigenvalue weighted by Crippen LogP contribution is -2.24. The van der Waals surface area contributed by atoms with Crippen LogP contribution < -0.4 is 18.9 Å². The number of rotatable bonds is 10. The topological polar surface area (TPSA) is 111 Å². The highest BCUT2D eigenvalue weighted by Crippen LogP contribution is 2.17. The molecule has 0 atom stereocenters. The molecule has 0 aliphatic rings. The SMILES string of the molecule is COc1ccc(S(=O)(=O)NCc2ccc(CNS(=O)(=O)c3ccc(OC)cc3)cc2)cc1. The maximum absolute atomic E-state index is 12.4. The Morgan fingerprint density at radius 1 is 0.562 bits per heavy atom. The Bertz CT molecular complexity index is 1140. The van der Waals surface area contributed by atoms with Crippen LogP contribution in [0.2, 0.25) is 0 Å². The second kappa shape index (κ2) is 10.1. The Labute approximate surface area is 188 Å². The van der Waals surface area contributed by atoms with Crippen LogP contribution >= 0.6 is 0 Å². The maximum Gasteiger partial charge on any atom is 0.240 e. The smallest absolute Gasteiger partial charge is 0.240 e. The summed E-state index contributed by atoms with van der Waals surface area (Å²) in [5.74, 6) is 1.14. The van der Waals surface area contributed by atoms with Crippen molar-refractivity contribution in [3.8, 4) is 11.5 Å². The van der Waals surface area contributed by atoms with Crippen molar-refractivity contribution in [1.82, 2.24) is 9.44 Å². The number of sulfonamides is 2. The fourth-order valence-corrected chi connectivity index (χ4v) is 4.84. The maximum atomic E-state index is 12.4. The van der Waals surface area contributed by atoms with Crippen molar-refractivity contribution in [2.45, 2.75) is 22.9 Å². The first kappa shape index (κ1) is 23.7. The van der Waals surface area contributed by atoms with Gasteiger partial charge in [0.25, 0.3) is 0 Å². The highest BCUT2D eigenvalue weighted by molar-refractivity contribution is 7.89. The third-order valence-electron chi connectivity index (χ3n) is 4.70. The summed E-state index contributed by atoms with van der Waals surface area (Å²) in [6.07, 6.45) is 0. The molecular weight excluding hydrogens is 452 g/mol. The fraction of sp³-hybridized carbons (Fsp3) is 0.182. The summed E-state index contributed by atoms with van der Waals surface area (Å²) in [6, 6.07) is 19.2. The summed E-state index contributed by atoms with van der Waals surface area (Å²) in [7, 11) is -4.31. The molecule has 32 heavy (non-hydrogen) atoms. The van der Waals surface area contributed by atoms with E-state index in [1.807, 2.05) is 0 Å². The molecule has 0 aliphatic carbocycles. The van der Waals surface area contributed by atoms with Crippen molar-refractivity contribution in [1.29, 1.82) is 0 Å². The van der Waals surface area contributed by atoms with Gasteiger partial charge in [-0.3, -0.25) is 0 Å². The average Bonchev–Trinajstić information content (AvgIpc) is 2.82. The number of methoxy groups -OCH3 is 2. The quantitative estimate of drug-likeness (QED) is 0.465. The van der Waals surface area contributed by atoms with Crippen LogP contribution in [-0.4, -0.2) is 31.1 Å². The molecule has 0 bridgehead atoms. The van der Waals surface area contributed by atoms with Gasteiger partial charge < -0.3 is 9.47 Å². The van der Waals surface area contributed by atoms with Crippen molar-refractivity contribution in [2.75, 3.05) is 14.2 Å². The number of ether oxygens (including phenoxy) is 2. The predicted octanol–water partition coefficient (Wildman–Crippen LogP) is 2.66. The largest absolute Gasteiger partial charge is 0.497 e. The normalized spacial score (nSPS) is 11.8. The third-order valence-corrected chi connectivity index (χ3v) is 7.53. The van der Waals surface area contributed by atoms with Crippen molar-refractivity contribution in [2.24, 2.45) is 0 Å². The first-order valence-electron chi connectivity index (χ1n) is 9.59. The van der Waals surface area contributed by atoms with Gasteiger partial charge >= 0.3 is 0 Å². The molecule has 10 heteroatoms. The zero-order valence-electron chi connectivity index (χ0n) is 17.6. The Kier molecular flexibility index (Phi) is 7.52. The van der Waals surface area contributed by atoms with E-state index in [9.17, 15) is 16.8 Å². The van der Waals surface area contributed by atoms with E-state index in [0.717, 1.165) is 11.1 Å². The molecule has 170 valence electrons. The second-order valence-electron chi connectivity index (χ2n) is 6.82. The van der Waals surface area contributed by atoms with Crippen LogP contribution in [0, 0.1) is 0 Å². The molecule has 0 unspecified atom stereocenters. The molecule has 0 saturated carbocycles. The minimum absolute atomic E-state index is 0.103. The third kappa shape index (κ3) is 6.07. The lowest BCUT2D eigenvalue weighted by molar-refractivity contribution is 0.414. The minimum atomic E-state index is -3.67.